The van der Waals surface area contributed by atoms with Crippen LogP contribution in [0.3, 0.4) is 0 Å². The molecular formula is C14H15F2NO4. The van der Waals surface area contributed by atoms with Crippen molar-refractivity contribution in [1.82, 2.24) is 5.32 Å². The van der Waals surface area contributed by atoms with E-state index in [0.717, 1.165) is 6.42 Å². The Labute approximate surface area is 119 Å². The molecule has 0 spiro atoms. The minimum absolute atomic E-state index is 0.0236. The van der Waals surface area contributed by atoms with Gasteiger partial charge in [0.2, 0.25) is 0 Å². The van der Waals surface area contributed by atoms with E-state index in [0.29, 0.717) is 12.8 Å². The van der Waals surface area contributed by atoms with Crippen LogP contribution in [-0.2, 0) is 4.79 Å². The molecule has 0 heterocycles. The number of halogens is 2. The number of rotatable bonds is 6. The molecule has 5 nitrogen and oxygen atoms in total. The zero-order valence-corrected chi connectivity index (χ0v) is 11.1. The Morgan fingerprint density at radius 1 is 1.33 bits per heavy atom. The fourth-order valence-electron chi connectivity index (χ4n) is 2.27. The second kappa shape index (κ2) is 6.07. The number of para-hydroxylation sites is 1. The van der Waals surface area contributed by atoms with Gasteiger partial charge in [0.25, 0.3) is 5.91 Å². The van der Waals surface area contributed by atoms with E-state index in [1.807, 2.05) is 0 Å². The Bertz CT molecular complexity index is 544. The van der Waals surface area contributed by atoms with Crippen molar-refractivity contribution < 1.29 is 28.2 Å². The topological polar surface area (TPSA) is 75.6 Å². The molecule has 0 aromatic heterocycles. The number of hydrogen-bond acceptors (Lipinski definition) is 3. The first-order valence-electron chi connectivity index (χ1n) is 6.50. The van der Waals surface area contributed by atoms with Crippen molar-refractivity contribution in [3.05, 3.63) is 29.8 Å². The second-order valence-corrected chi connectivity index (χ2v) is 5.00. The van der Waals surface area contributed by atoms with E-state index >= 15 is 0 Å². The number of ether oxygens (including phenoxy) is 1. The number of hydrogen-bond donors (Lipinski definition) is 2. The number of nitrogens with one attached hydrogen (secondary N) is 1. The van der Waals surface area contributed by atoms with Crippen molar-refractivity contribution >= 4 is 11.9 Å². The lowest BCUT2D eigenvalue weighted by Gasteiger charge is -2.37. The maximum absolute atomic E-state index is 12.3. The van der Waals surface area contributed by atoms with Crippen molar-refractivity contribution in [1.29, 1.82) is 0 Å². The first kappa shape index (κ1) is 15.2. The first-order chi connectivity index (χ1) is 9.94. The van der Waals surface area contributed by atoms with Crippen molar-refractivity contribution in [2.45, 2.75) is 25.9 Å². The number of aliphatic carboxylic acids is 1. The van der Waals surface area contributed by atoms with Crippen molar-refractivity contribution in [3.8, 4) is 5.75 Å². The number of benzene rings is 1. The molecule has 1 aliphatic rings. The fraction of sp³-hybridized carbons (Fsp3) is 0.429. The Kier molecular flexibility index (Phi) is 4.40. The van der Waals surface area contributed by atoms with Crippen LogP contribution in [0.1, 0.15) is 29.6 Å². The lowest BCUT2D eigenvalue weighted by Crippen LogP contribution is -2.47. The smallest absolute Gasteiger partial charge is 0.387 e. The van der Waals surface area contributed by atoms with Gasteiger partial charge in [0.15, 0.2) is 0 Å². The molecule has 114 valence electrons. The molecule has 7 heteroatoms. The summed E-state index contributed by atoms with van der Waals surface area (Å²) in [5.74, 6) is -1.81. The van der Waals surface area contributed by atoms with E-state index in [2.05, 4.69) is 10.1 Å². The van der Waals surface area contributed by atoms with Crippen LogP contribution in [0.15, 0.2) is 24.3 Å². The third-order valence-electron chi connectivity index (χ3n) is 3.70. The van der Waals surface area contributed by atoms with Gasteiger partial charge in [0, 0.05) is 6.54 Å². The largest absolute Gasteiger partial charge is 0.481 e. The average Bonchev–Trinajstić information content (AvgIpc) is 2.36. The van der Waals surface area contributed by atoms with Gasteiger partial charge in [0.1, 0.15) is 5.75 Å². The van der Waals surface area contributed by atoms with Gasteiger partial charge in [-0.25, -0.2) is 0 Å². The summed E-state index contributed by atoms with van der Waals surface area (Å²) in [6.45, 7) is -3.06. The summed E-state index contributed by atoms with van der Waals surface area (Å²) in [6.07, 6.45) is 1.79. The SMILES string of the molecule is O=C(NCC1(C(=O)O)CCC1)c1ccccc1OC(F)F. The Morgan fingerprint density at radius 2 is 2.00 bits per heavy atom. The highest BCUT2D eigenvalue weighted by Crippen LogP contribution is 2.40. The summed E-state index contributed by atoms with van der Waals surface area (Å²) in [4.78, 5) is 23.2. The van der Waals surface area contributed by atoms with E-state index < -0.39 is 23.9 Å². The minimum atomic E-state index is -3.03. The van der Waals surface area contributed by atoms with Crippen molar-refractivity contribution in [2.75, 3.05) is 6.54 Å². The van der Waals surface area contributed by atoms with Crippen LogP contribution >= 0.6 is 0 Å². The molecule has 2 rings (SSSR count). The van der Waals surface area contributed by atoms with Gasteiger partial charge >= 0.3 is 12.6 Å². The monoisotopic (exact) mass is 299 g/mol. The van der Waals surface area contributed by atoms with Crippen LogP contribution in [0.4, 0.5) is 8.78 Å². The van der Waals surface area contributed by atoms with Gasteiger partial charge in [-0.1, -0.05) is 18.6 Å². The maximum Gasteiger partial charge on any atom is 0.387 e. The molecule has 1 fully saturated rings. The van der Waals surface area contributed by atoms with Crippen molar-refractivity contribution in [2.24, 2.45) is 5.41 Å². The molecule has 1 saturated carbocycles. The van der Waals surface area contributed by atoms with Gasteiger partial charge in [0.05, 0.1) is 11.0 Å². The molecule has 1 aromatic rings. The first-order valence-corrected chi connectivity index (χ1v) is 6.50. The quantitative estimate of drug-likeness (QED) is 0.845. The highest BCUT2D eigenvalue weighted by molar-refractivity contribution is 5.97. The summed E-state index contributed by atoms with van der Waals surface area (Å²) in [5, 5.41) is 11.7. The van der Waals surface area contributed by atoms with Crippen LogP contribution in [0.5, 0.6) is 5.75 Å². The number of carbonyl (C=O) groups excluding carboxylic acids is 1. The lowest BCUT2D eigenvalue weighted by atomic mass is 9.69. The third-order valence-corrected chi connectivity index (χ3v) is 3.70. The Morgan fingerprint density at radius 3 is 2.52 bits per heavy atom. The lowest BCUT2D eigenvalue weighted by molar-refractivity contribution is -0.153. The molecule has 0 radical (unpaired) electrons. The summed E-state index contributed by atoms with van der Waals surface area (Å²) in [5.41, 5.74) is -0.980. The number of carbonyl (C=O) groups is 2. The van der Waals surface area contributed by atoms with Gasteiger partial charge < -0.3 is 15.2 Å². The van der Waals surface area contributed by atoms with Crippen LogP contribution in [0, 0.1) is 5.41 Å². The Hall–Kier alpha value is -2.18. The minimum Gasteiger partial charge on any atom is -0.481 e. The molecular weight excluding hydrogens is 284 g/mol. The van der Waals surface area contributed by atoms with Gasteiger partial charge in [-0.05, 0) is 25.0 Å². The zero-order valence-electron chi connectivity index (χ0n) is 11.1. The zero-order chi connectivity index (χ0) is 15.5. The summed E-state index contributed by atoms with van der Waals surface area (Å²) in [6, 6.07) is 5.60. The predicted molar refractivity (Wildman–Crippen MR) is 69.3 cm³/mol. The van der Waals surface area contributed by atoms with Crippen LogP contribution in [0.25, 0.3) is 0 Å². The van der Waals surface area contributed by atoms with Gasteiger partial charge in [-0.2, -0.15) is 8.78 Å². The highest BCUT2D eigenvalue weighted by Gasteiger charge is 2.44. The van der Waals surface area contributed by atoms with Gasteiger partial charge in [-0.15, -0.1) is 0 Å². The molecule has 1 aromatic carbocycles. The molecule has 0 aliphatic heterocycles. The highest BCUT2D eigenvalue weighted by atomic mass is 19.3. The van der Waals surface area contributed by atoms with Crippen LogP contribution in [0.2, 0.25) is 0 Å². The summed E-state index contributed by atoms with van der Waals surface area (Å²) < 4.78 is 28.8. The molecule has 0 atom stereocenters. The normalized spacial score (nSPS) is 16.1. The molecule has 0 saturated heterocycles. The standard InChI is InChI=1S/C14H15F2NO4/c15-13(16)21-10-5-2-1-4-9(10)11(18)17-8-14(12(19)20)6-3-7-14/h1-2,4-5,13H,3,6-8H2,(H,17,18)(H,19,20). The number of amides is 1. The third kappa shape index (κ3) is 3.29. The van der Waals surface area contributed by atoms with E-state index in [1.54, 1.807) is 0 Å². The maximum atomic E-state index is 12.3. The van der Waals surface area contributed by atoms with Crippen molar-refractivity contribution in [3.63, 3.8) is 0 Å². The summed E-state index contributed by atoms with van der Waals surface area (Å²) in [7, 11) is 0. The van der Waals surface area contributed by atoms with Crippen LogP contribution < -0.4 is 10.1 Å². The Balaban J connectivity index is 2.05. The number of alkyl halides is 2. The molecule has 0 bridgehead atoms. The second-order valence-electron chi connectivity index (χ2n) is 5.00. The van der Waals surface area contributed by atoms with E-state index in [-0.39, 0.29) is 17.9 Å². The predicted octanol–water partition coefficient (Wildman–Crippen LogP) is 2.27. The molecule has 2 N–H and O–H groups in total. The van der Waals surface area contributed by atoms with E-state index in [1.165, 1.54) is 24.3 Å². The van der Waals surface area contributed by atoms with E-state index in [4.69, 9.17) is 5.11 Å². The molecule has 1 aliphatic carbocycles. The number of carboxylic acids is 1. The summed E-state index contributed by atoms with van der Waals surface area (Å²) >= 11 is 0. The number of carboxylic acid groups (broad SMARTS) is 1. The molecule has 21 heavy (non-hydrogen) atoms. The van der Waals surface area contributed by atoms with Crippen LogP contribution in [-0.4, -0.2) is 30.1 Å². The molecule has 1 amide bonds. The molecule has 0 unspecified atom stereocenters. The average molecular weight is 299 g/mol. The fourth-order valence-corrected chi connectivity index (χ4v) is 2.27. The van der Waals surface area contributed by atoms with E-state index in [9.17, 15) is 18.4 Å². The van der Waals surface area contributed by atoms with Gasteiger partial charge in [-0.3, -0.25) is 9.59 Å².